The average molecular weight is 427 g/mol. The van der Waals surface area contributed by atoms with E-state index in [1.807, 2.05) is 0 Å². The number of aromatic hydroxyl groups is 1. The van der Waals surface area contributed by atoms with Crippen LogP contribution >= 0.6 is 0 Å². The molecule has 0 atom stereocenters. The summed E-state index contributed by atoms with van der Waals surface area (Å²) in [6, 6.07) is 19.2. The van der Waals surface area contributed by atoms with E-state index in [0.29, 0.717) is 22.4 Å². The predicted octanol–water partition coefficient (Wildman–Crippen LogP) is 4.10. The maximum atomic E-state index is 12.8. The standard InChI is InChI=1S/C23H17N5O4/c1-14-24-19-8-4-2-6-17(19)22(30)28(14)27-26-21(18-7-3-5-9-20(18)29)25-16-12-10-15(11-13-16)23(31)32/h2-13,29H,1H3,(H,31,32). The van der Waals surface area contributed by atoms with E-state index in [0.717, 1.165) is 4.68 Å². The van der Waals surface area contributed by atoms with Crippen LogP contribution in [0.5, 0.6) is 5.75 Å². The second-order valence-electron chi connectivity index (χ2n) is 6.79. The summed E-state index contributed by atoms with van der Waals surface area (Å²) in [5.74, 6) is -0.765. The van der Waals surface area contributed by atoms with Crippen molar-refractivity contribution in [3.8, 4) is 5.75 Å². The van der Waals surface area contributed by atoms with Crippen LogP contribution in [0.3, 0.4) is 0 Å². The minimum Gasteiger partial charge on any atom is -0.507 e. The highest BCUT2D eigenvalue weighted by Crippen LogP contribution is 2.22. The van der Waals surface area contributed by atoms with E-state index in [1.54, 1.807) is 49.4 Å². The number of carboxylic acids is 1. The normalized spacial score (nSPS) is 11.8. The quantitative estimate of drug-likeness (QED) is 0.288. The Kier molecular flexibility index (Phi) is 5.54. The number of phenolic OH excluding ortho intramolecular Hbond substituents is 1. The first-order valence-electron chi connectivity index (χ1n) is 9.55. The number of fused-ring (bicyclic) bond motifs is 1. The number of aromatic carboxylic acids is 1. The van der Waals surface area contributed by atoms with E-state index >= 15 is 0 Å². The first-order valence-corrected chi connectivity index (χ1v) is 9.55. The van der Waals surface area contributed by atoms with Gasteiger partial charge in [0.2, 0.25) is 0 Å². The van der Waals surface area contributed by atoms with Crippen LogP contribution in [-0.2, 0) is 0 Å². The maximum Gasteiger partial charge on any atom is 0.335 e. The maximum absolute atomic E-state index is 12.8. The minimum atomic E-state index is -1.06. The smallest absolute Gasteiger partial charge is 0.335 e. The SMILES string of the molecule is Cc1nc2ccccc2c(=O)n1N=NC(=Nc1ccc(C(=O)O)cc1)c1ccccc1O. The molecule has 0 unspecified atom stereocenters. The molecule has 9 nitrogen and oxygen atoms in total. The molecule has 0 amide bonds. The number of hydrogen-bond acceptors (Lipinski definition) is 6. The van der Waals surface area contributed by atoms with Gasteiger partial charge in [-0.25, -0.2) is 14.8 Å². The van der Waals surface area contributed by atoms with Crippen molar-refractivity contribution in [3.63, 3.8) is 0 Å². The summed E-state index contributed by atoms with van der Waals surface area (Å²) in [5.41, 5.74) is 0.957. The summed E-state index contributed by atoms with van der Waals surface area (Å²) in [4.78, 5) is 32.7. The molecule has 0 aliphatic rings. The number of nitrogens with zero attached hydrogens (tertiary/aromatic N) is 5. The molecule has 32 heavy (non-hydrogen) atoms. The van der Waals surface area contributed by atoms with Crippen LogP contribution in [0.15, 0.2) is 92.9 Å². The number of phenols is 1. The van der Waals surface area contributed by atoms with Gasteiger partial charge in [-0.2, -0.15) is 4.68 Å². The number of carbonyl (C=O) groups is 1. The fourth-order valence-corrected chi connectivity index (χ4v) is 3.03. The lowest BCUT2D eigenvalue weighted by atomic mass is 10.1. The lowest BCUT2D eigenvalue weighted by Crippen LogP contribution is -2.20. The molecule has 2 N–H and O–H groups in total. The molecule has 0 saturated carbocycles. The van der Waals surface area contributed by atoms with Crippen molar-refractivity contribution >= 4 is 28.4 Å². The summed E-state index contributed by atoms with van der Waals surface area (Å²) in [6.45, 7) is 1.63. The van der Waals surface area contributed by atoms with Gasteiger partial charge in [-0.05, 0) is 55.5 Å². The van der Waals surface area contributed by atoms with Gasteiger partial charge in [0.15, 0.2) is 5.84 Å². The summed E-state index contributed by atoms with van der Waals surface area (Å²) >= 11 is 0. The van der Waals surface area contributed by atoms with E-state index in [-0.39, 0.29) is 28.3 Å². The number of para-hydroxylation sites is 2. The molecule has 0 aliphatic heterocycles. The van der Waals surface area contributed by atoms with E-state index in [2.05, 4.69) is 20.3 Å². The van der Waals surface area contributed by atoms with Crippen LogP contribution in [0, 0.1) is 6.92 Å². The molecule has 4 rings (SSSR count). The fraction of sp³-hybridized carbons (Fsp3) is 0.0435. The highest BCUT2D eigenvalue weighted by molar-refractivity contribution is 6.02. The fourth-order valence-electron chi connectivity index (χ4n) is 3.03. The number of aromatic nitrogens is 2. The molecule has 158 valence electrons. The van der Waals surface area contributed by atoms with E-state index in [1.165, 1.54) is 30.3 Å². The molecule has 0 spiro atoms. The lowest BCUT2D eigenvalue weighted by molar-refractivity contribution is 0.0697. The van der Waals surface area contributed by atoms with Crippen LogP contribution in [0.4, 0.5) is 5.69 Å². The number of aliphatic imine (C=N–C) groups is 1. The van der Waals surface area contributed by atoms with Gasteiger partial charge in [0, 0.05) is 0 Å². The van der Waals surface area contributed by atoms with Crippen LogP contribution < -0.4 is 5.56 Å². The second-order valence-corrected chi connectivity index (χ2v) is 6.79. The van der Waals surface area contributed by atoms with Crippen molar-refractivity contribution in [3.05, 3.63) is 100 Å². The third kappa shape index (κ3) is 4.12. The van der Waals surface area contributed by atoms with Gasteiger partial charge in [0.1, 0.15) is 11.6 Å². The zero-order chi connectivity index (χ0) is 22.7. The van der Waals surface area contributed by atoms with Crippen molar-refractivity contribution in [2.75, 3.05) is 0 Å². The highest BCUT2D eigenvalue weighted by Gasteiger charge is 2.11. The third-order valence-electron chi connectivity index (χ3n) is 4.64. The largest absolute Gasteiger partial charge is 0.507 e. The molecule has 1 heterocycles. The van der Waals surface area contributed by atoms with Crippen molar-refractivity contribution in [1.29, 1.82) is 0 Å². The molecule has 4 aromatic rings. The molecular formula is C23H17N5O4. The van der Waals surface area contributed by atoms with Crippen LogP contribution in [0.25, 0.3) is 10.9 Å². The first-order chi connectivity index (χ1) is 15.4. The number of aryl methyl sites for hydroxylation is 1. The van der Waals surface area contributed by atoms with Crippen molar-refractivity contribution in [1.82, 2.24) is 9.66 Å². The molecule has 0 bridgehead atoms. The number of benzene rings is 3. The topological polar surface area (TPSA) is 130 Å². The van der Waals surface area contributed by atoms with E-state index in [9.17, 15) is 14.7 Å². The lowest BCUT2D eigenvalue weighted by Gasteiger charge is -2.06. The van der Waals surface area contributed by atoms with Crippen molar-refractivity contribution in [2.24, 2.45) is 15.3 Å². The Morgan fingerprint density at radius 3 is 2.38 bits per heavy atom. The Bertz CT molecular complexity index is 1440. The zero-order valence-corrected chi connectivity index (χ0v) is 16.9. The molecule has 1 aromatic heterocycles. The van der Waals surface area contributed by atoms with Crippen LogP contribution in [0.2, 0.25) is 0 Å². The number of hydrogen-bond donors (Lipinski definition) is 2. The minimum absolute atomic E-state index is 0.0330. The summed E-state index contributed by atoms with van der Waals surface area (Å²) in [6.07, 6.45) is 0. The van der Waals surface area contributed by atoms with E-state index in [4.69, 9.17) is 5.11 Å². The Balaban J connectivity index is 1.82. The Morgan fingerprint density at radius 2 is 1.66 bits per heavy atom. The second kappa shape index (κ2) is 8.60. The summed E-state index contributed by atoms with van der Waals surface area (Å²) < 4.78 is 1.06. The molecule has 3 aromatic carbocycles. The molecule has 9 heteroatoms. The number of amidine groups is 1. The van der Waals surface area contributed by atoms with Crippen LogP contribution in [0.1, 0.15) is 21.7 Å². The summed E-state index contributed by atoms with van der Waals surface area (Å²) in [7, 11) is 0. The van der Waals surface area contributed by atoms with Gasteiger partial charge in [0.25, 0.3) is 5.56 Å². The van der Waals surface area contributed by atoms with Gasteiger partial charge in [-0.3, -0.25) is 4.79 Å². The zero-order valence-electron chi connectivity index (χ0n) is 16.9. The third-order valence-corrected chi connectivity index (χ3v) is 4.64. The number of carboxylic acid groups (broad SMARTS) is 1. The van der Waals surface area contributed by atoms with Gasteiger partial charge < -0.3 is 10.2 Å². The Labute approximate surface area is 181 Å². The van der Waals surface area contributed by atoms with Crippen molar-refractivity contribution < 1.29 is 15.0 Å². The molecular weight excluding hydrogens is 410 g/mol. The van der Waals surface area contributed by atoms with Gasteiger partial charge in [-0.15, -0.1) is 5.11 Å². The monoisotopic (exact) mass is 427 g/mol. The van der Waals surface area contributed by atoms with Gasteiger partial charge in [-0.1, -0.05) is 29.5 Å². The first kappa shape index (κ1) is 20.6. The van der Waals surface area contributed by atoms with Gasteiger partial charge >= 0.3 is 5.97 Å². The molecule has 0 aliphatic carbocycles. The van der Waals surface area contributed by atoms with Gasteiger partial charge in [0.05, 0.1) is 27.7 Å². The van der Waals surface area contributed by atoms with Crippen LogP contribution in [-0.4, -0.2) is 31.7 Å². The van der Waals surface area contributed by atoms with Crippen molar-refractivity contribution in [2.45, 2.75) is 6.92 Å². The Morgan fingerprint density at radius 1 is 0.969 bits per heavy atom. The molecule has 0 fully saturated rings. The number of rotatable bonds is 4. The predicted molar refractivity (Wildman–Crippen MR) is 119 cm³/mol. The Hall–Kier alpha value is -4.66. The average Bonchev–Trinajstić information content (AvgIpc) is 2.79. The molecule has 0 radical (unpaired) electrons. The molecule has 0 saturated heterocycles. The summed E-state index contributed by atoms with van der Waals surface area (Å²) in [5, 5.41) is 27.9. The highest BCUT2D eigenvalue weighted by atomic mass is 16.4. The van der Waals surface area contributed by atoms with E-state index < -0.39 is 5.97 Å².